The Morgan fingerprint density at radius 3 is 2.80 bits per heavy atom. The zero-order valence-electron chi connectivity index (χ0n) is 8.00. The molecule has 1 saturated carbocycles. The molecule has 3 nitrogen and oxygen atoms in total. The molecule has 0 aromatic heterocycles. The quantitative estimate of drug-likeness (QED) is 0.351. The summed E-state index contributed by atoms with van der Waals surface area (Å²) < 4.78 is 13.2. The van der Waals surface area contributed by atoms with E-state index < -0.39 is 5.82 Å². The number of halogens is 2. The van der Waals surface area contributed by atoms with E-state index in [-0.39, 0.29) is 5.02 Å². The highest BCUT2D eigenvalue weighted by Crippen LogP contribution is 2.24. The van der Waals surface area contributed by atoms with Crippen molar-refractivity contribution in [3.8, 4) is 0 Å². The van der Waals surface area contributed by atoms with Gasteiger partial charge in [0.25, 0.3) is 0 Å². The van der Waals surface area contributed by atoms with Gasteiger partial charge in [0.05, 0.1) is 11.1 Å². The Bertz CT molecular complexity index is 402. The second-order valence-electron chi connectivity index (χ2n) is 3.48. The van der Waals surface area contributed by atoms with E-state index in [0.29, 0.717) is 17.4 Å². The number of hydrogen-bond donors (Lipinski definition) is 2. The van der Waals surface area contributed by atoms with E-state index in [1.165, 1.54) is 12.1 Å². The number of nitrogens with one attached hydrogen (secondary N) is 1. The van der Waals surface area contributed by atoms with Crippen molar-refractivity contribution in [2.45, 2.75) is 18.9 Å². The Balaban J connectivity index is 2.29. The van der Waals surface area contributed by atoms with Gasteiger partial charge in [-0.05, 0) is 31.0 Å². The Morgan fingerprint density at radius 2 is 2.27 bits per heavy atom. The molecule has 0 amide bonds. The van der Waals surface area contributed by atoms with Crippen LogP contribution >= 0.6 is 11.6 Å². The lowest BCUT2D eigenvalue weighted by atomic mass is 10.2. The standard InChI is InChI=1S/C10H11ClFN3/c11-8-4-1-6(5-9(8)12)10(15-13)14-7-2-3-7/h1,4-5,7H,2-3,13H2,(H,14,15). The van der Waals surface area contributed by atoms with Crippen LogP contribution in [0.5, 0.6) is 0 Å². The van der Waals surface area contributed by atoms with Crippen molar-refractivity contribution < 1.29 is 4.39 Å². The Labute approximate surface area is 92.1 Å². The normalized spacial score (nSPS) is 16.6. The molecule has 0 heterocycles. The predicted molar refractivity (Wildman–Crippen MR) is 58.3 cm³/mol. The largest absolute Gasteiger partial charge is 0.308 e. The highest BCUT2D eigenvalue weighted by Gasteiger charge is 2.21. The molecule has 0 spiro atoms. The van der Waals surface area contributed by atoms with Gasteiger partial charge < -0.3 is 5.43 Å². The molecule has 3 N–H and O–H groups in total. The lowest BCUT2D eigenvalue weighted by Gasteiger charge is -2.06. The molecular formula is C10H11ClFN3. The van der Waals surface area contributed by atoms with Crippen molar-refractivity contribution in [2.24, 2.45) is 10.8 Å². The van der Waals surface area contributed by atoms with E-state index in [1.807, 2.05) is 0 Å². The highest BCUT2D eigenvalue weighted by molar-refractivity contribution is 6.30. The van der Waals surface area contributed by atoms with Crippen LogP contribution in [0.3, 0.4) is 0 Å². The fourth-order valence-corrected chi connectivity index (χ4v) is 1.34. The molecule has 1 aliphatic carbocycles. The molecule has 80 valence electrons. The van der Waals surface area contributed by atoms with Crippen LogP contribution in [0.25, 0.3) is 0 Å². The molecule has 1 aromatic carbocycles. The van der Waals surface area contributed by atoms with Gasteiger partial charge >= 0.3 is 0 Å². The van der Waals surface area contributed by atoms with Crippen LogP contribution in [-0.2, 0) is 0 Å². The summed E-state index contributed by atoms with van der Waals surface area (Å²) in [6, 6.07) is 4.83. The fraction of sp³-hybridized carbons (Fsp3) is 0.300. The van der Waals surface area contributed by atoms with Crippen LogP contribution in [0.2, 0.25) is 5.02 Å². The molecule has 0 radical (unpaired) electrons. The van der Waals surface area contributed by atoms with Crippen molar-refractivity contribution in [1.29, 1.82) is 0 Å². The second-order valence-corrected chi connectivity index (χ2v) is 3.89. The minimum Gasteiger partial charge on any atom is -0.308 e. The van der Waals surface area contributed by atoms with E-state index in [4.69, 9.17) is 17.4 Å². The summed E-state index contributed by atoms with van der Waals surface area (Å²) in [5.74, 6) is 5.38. The molecular weight excluding hydrogens is 217 g/mol. The minimum atomic E-state index is -0.465. The SMILES string of the molecule is NNC(=NC1CC1)c1ccc(Cl)c(F)c1. The van der Waals surface area contributed by atoms with Crippen LogP contribution in [-0.4, -0.2) is 11.9 Å². The Hall–Kier alpha value is -1.13. The number of rotatable bonds is 2. The number of nitrogens with two attached hydrogens (primary N) is 1. The summed E-state index contributed by atoms with van der Waals surface area (Å²) in [7, 11) is 0. The highest BCUT2D eigenvalue weighted by atomic mass is 35.5. The maximum absolute atomic E-state index is 13.2. The lowest BCUT2D eigenvalue weighted by Crippen LogP contribution is -2.31. The van der Waals surface area contributed by atoms with Crippen LogP contribution in [0.15, 0.2) is 23.2 Å². The monoisotopic (exact) mass is 227 g/mol. The number of amidine groups is 1. The molecule has 0 saturated heterocycles. The number of hydrazine groups is 1. The first-order valence-electron chi connectivity index (χ1n) is 4.70. The van der Waals surface area contributed by atoms with Gasteiger partial charge in [-0.2, -0.15) is 0 Å². The van der Waals surface area contributed by atoms with Crippen molar-refractivity contribution >= 4 is 17.4 Å². The average molecular weight is 228 g/mol. The molecule has 0 aliphatic heterocycles. The summed E-state index contributed by atoms with van der Waals surface area (Å²) in [6.07, 6.45) is 2.14. The van der Waals surface area contributed by atoms with Crippen molar-refractivity contribution in [3.63, 3.8) is 0 Å². The van der Waals surface area contributed by atoms with Gasteiger partial charge in [0, 0.05) is 5.56 Å². The van der Waals surface area contributed by atoms with Gasteiger partial charge in [-0.15, -0.1) is 0 Å². The van der Waals surface area contributed by atoms with Crippen LogP contribution in [0.1, 0.15) is 18.4 Å². The summed E-state index contributed by atoms with van der Waals surface area (Å²) in [4.78, 5) is 4.32. The molecule has 1 aliphatic rings. The van der Waals surface area contributed by atoms with E-state index in [1.54, 1.807) is 6.07 Å². The molecule has 15 heavy (non-hydrogen) atoms. The average Bonchev–Trinajstić information content (AvgIpc) is 3.02. The first-order chi connectivity index (χ1) is 7.20. The topological polar surface area (TPSA) is 50.4 Å². The van der Waals surface area contributed by atoms with Gasteiger partial charge in [-0.3, -0.25) is 4.99 Å². The molecule has 0 atom stereocenters. The maximum atomic E-state index is 13.2. The van der Waals surface area contributed by atoms with Crippen molar-refractivity contribution in [1.82, 2.24) is 5.43 Å². The van der Waals surface area contributed by atoms with E-state index in [9.17, 15) is 4.39 Å². The molecule has 2 rings (SSSR count). The minimum absolute atomic E-state index is 0.0987. The number of aliphatic imine (C=N–C) groups is 1. The number of nitrogens with zero attached hydrogens (tertiary/aromatic N) is 1. The van der Waals surface area contributed by atoms with Gasteiger partial charge in [0.15, 0.2) is 0 Å². The van der Waals surface area contributed by atoms with E-state index in [0.717, 1.165) is 12.8 Å². The smallest absolute Gasteiger partial charge is 0.142 e. The molecule has 0 bridgehead atoms. The first kappa shape index (κ1) is 10.4. The second kappa shape index (κ2) is 4.16. The Kier molecular flexibility index (Phi) is 2.88. The fourth-order valence-electron chi connectivity index (χ4n) is 1.22. The van der Waals surface area contributed by atoms with Crippen LogP contribution < -0.4 is 11.3 Å². The van der Waals surface area contributed by atoms with Crippen LogP contribution in [0.4, 0.5) is 4.39 Å². The van der Waals surface area contributed by atoms with Crippen molar-refractivity contribution in [2.75, 3.05) is 0 Å². The van der Waals surface area contributed by atoms with Gasteiger partial charge in [-0.1, -0.05) is 11.6 Å². The van der Waals surface area contributed by atoms with Crippen LogP contribution in [0, 0.1) is 5.82 Å². The third-order valence-corrected chi connectivity index (χ3v) is 2.49. The zero-order chi connectivity index (χ0) is 10.8. The van der Waals surface area contributed by atoms with Gasteiger partial charge in [0.2, 0.25) is 0 Å². The molecule has 1 aromatic rings. The summed E-state index contributed by atoms with van der Waals surface area (Å²) >= 11 is 5.58. The Morgan fingerprint density at radius 1 is 1.53 bits per heavy atom. The summed E-state index contributed by atoms with van der Waals surface area (Å²) in [5.41, 5.74) is 3.09. The maximum Gasteiger partial charge on any atom is 0.142 e. The molecule has 0 unspecified atom stereocenters. The van der Waals surface area contributed by atoms with E-state index >= 15 is 0 Å². The number of benzene rings is 1. The zero-order valence-corrected chi connectivity index (χ0v) is 8.76. The lowest BCUT2D eigenvalue weighted by molar-refractivity contribution is 0.628. The third-order valence-electron chi connectivity index (χ3n) is 2.19. The van der Waals surface area contributed by atoms with Crippen molar-refractivity contribution in [3.05, 3.63) is 34.6 Å². The predicted octanol–water partition coefficient (Wildman–Crippen LogP) is 1.85. The van der Waals surface area contributed by atoms with E-state index in [2.05, 4.69) is 10.4 Å². The number of hydrogen-bond acceptors (Lipinski definition) is 2. The molecule has 1 fully saturated rings. The molecule has 5 heteroatoms. The third kappa shape index (κ3) is 2.46. The summed E-state index contributed by atoms with van der Waals surface area (Å²) in [5, 5.41) is 0.0987. The van der Waals surface area contributed by atoms with Gasteiger partial charge in [0.1, 0.15) is 11.7 Å². The van der Waals surface area contributed by atoms with Gasteiger partial charge in [-0.25, -0.2) is 10.2 Å². The first-order valence-corrected chi connectivity index (χ1v) is 5.08. The summed E-state index contributed by atoms with van der Waals surface area (Å²) in [6.45, 7) is 0.